The number of esters is 1. The van der Waals surface area contributed by atoms with Gasteiger partial charge in [-0.05, 0) is 43.9 Å². The van der Waals surface area contributed by atoms with Crippen LogP contribution in [0.15, 0.2) is 18.2 Å². The summed E-state index contributed by atoms with van der Waals surface area (Å²) in [5.41, 5.74) is 8.03. The van der Waals surface area contributed by atoms with Crippen molar-refractivity contribution in [3.05, 3.63) is 23.8 Å². The monoisotopic (exact) mass is 262 g/mol. The van der Waals surface area contributed by atoms with Crippen LogP contribution >= 0.6 is 0 Å². The van der Waals surface area contributed by atoms with E-state index < -0.39 is 0 Å². The Hall–Kier alpha value is -1.71. The molecule has 1 saturated carbocycles. The molecule has 1 aliphatic rings. The summed E-state index contributed by atoms with van der Waals surface area (Å²) in [6.07, 6.45) is 3.65. The third-order valence-electron chi connectivity index (χ3n) is 3.77. The lowest BCUT2D eigenvalue weighted by Crippen LogP contribution is -2.22. The molecule has 0 aromatic heterocycles. The summed E-state index contributed by atoms with van der Waals surface area (Å²) in [7, 11) is 0. The number of benzene rings is 1. The Labute approximate surface area is 114 Å². The predicted molar refractivity (Wildman–Crippen MR) is 77.2 cm³/mol. The summed E-state index contributed by atoms with van der Waals surface area (Å²) >= 11 is 0. The average molecular weight is 262 g/mol. The van der Waals surface area contributed by atoms with Crippen molar-refractivity contribution in [2.75, 3.05) is 17.7 Å². The van der Waals surface area contributed by atoms with E-state index in [1.807, 2.05) is 0 Å². The first-order valence-corrected chi connectivity index (χ1v) is 6.95. The van der Waals surface area contributed by atoms with E-state index in [2.05, 4.69) is 12.2 Å². The molecule has 0 amide bonds. The van der Waals surface area contributed by atoms with Crippen LogP contribution in [-0.2, 0) is 4.74 Å². The molecule has 2 rings (SSSR count). The van der Waals surface area contributed by atoms with Gasteiger partial charge in [0, 0.05) is 6.04 Å². The minimum Gasteiger partial charge on any atom is -0.462 e. The van der Waals surface area contributed by atoms with Crippen LogP contribution in [-0.4, -0.2) is 18.6 Å². The van der Waals surface area contributed by atoms with Gasteiger partial charge in [-0.1, -0.05) is 13.3 Å². The first kappa shape index (κ1) is 13.7. The lowest BCUT2D eigenvalue weighted by molar-refractivity contribution is 0.0526. The fourth-order valence-electron chi connectivity index (χ4n) is 2.58. The molecule has 0 bridgehead atoms. The smallest absolute Gasteiger partial charge is 0.338 e. The fraction of sp³-hybridized carbons (Fsp3) is 0.533. The molecule has 0 spiro atoms. The molecular formula is C15H22N2O2. The van der Waals surface area contributed by atoms with Crippen molar-refractivity contribution in [3.63, 3.8) is 0 Å². The topological polar surface area (TPSA) is 64.3 Å². The van der Waals surface area contributed by atoms with Crippen molar-refractivity contribution < 1.29 is 9.53 Å². The maximum atomic E-state index is 11.7. The highest BCUT2D eigenvalue weighted by atomic mass is 16.5. The standard InChI is InChI=1S/C15H22N2O2/c1-3-19-15(18)11-7-8-12(16)14(9-11)17-13-6-4-5-10(13)2/h7-10,13,17H,3-6,16H2,1-2H3. The van der Waals surface area contributed by atoms with Gasteiger partial charge in [-0.25, -0.2) is 4.79 Å². The molecule has 0 saturated heterocycles. The first-order chi connectivity index (χ1) is 9.11. The van der Waals surface area contributed by atoms with Gasteiger partial charge in [-0.3, -0.25) is 0 Å². The van der Waals surface area contributed by atoms with E-state index in [1.54, 1.807) is 25.1 Å². The molecule has 1 aliphatic carbocycles. The van der Waals surface area contributed by atoms with E-state index in [9.17, 15) is 4.79 Å². The number of carbonyl (C=O) groups excluding carboxylic acids is 1. The lowest BCUT2D eigenvalue weighted by Gasteiger charge is -2.20. The Balaban J connectivity index is 2.15. The second-order valence-corrected chi connectivity index (χ2v) is 5.18. The summed E-state index contributed by atoms with van der Waals surface area (Å²) in [5.74, 6) is 0.343. The minimum absolute atomic E-state index is 0.301. The Morgan fingerprint density at radius 3 is 2.89 bits per heavy atom. The van der Waals surface area contributed by atoms with Gasteiger partial charge in [0.2, 0.25) is 0 Å². The highest BCUT2D eigenvalue weighted by Crippen LogP contribution is 2.30. The van der Waals surface area contributed by atoms with Gasteiger partial charge in [0.15, 0.2) is 0 Å². The fourth-order valence-corrected chi connectivity index (χ4v) is 2.58. The van der Waals surface area contributed by atoms with Crippen molar-refractivity contribution >= 4 is 17.3 Å². The molecule has 4 nitrogen and oxygen atoms in total. The molecule has 0 heterocycles. The normalized spacial score (nSPS) is 22.2. The Kier molecular flexibility index (Phi) is 4.30. The zero-order valence-electron chi connectivity index (χ0n) is 11.6. The second kappa shape index (κ2) is 5.95. The lowest BCUT2D eigenvalue weighted by atomic mass is 10.1. The highest BCUT2D eigenvalue weighted by Gasteiger charge is 2.23. The van der Waals surface area contributed by atoms with Crippen LogP contribution in [0.25, 0.3) is 0 Å². The number of ether oxygens (including phenoxy) is 1. The van der Waals surface area contributed by atoms with Crippen LogP contribution in [0.1, 0.15) is 43.5 Å². The number of carbonyl (C=O) groups is 1. The third-order valence-corrected chi connectivity index (χ3v) is 3.77. The summed E-state index contributed by atoms with van der Waals surface area (Å²) < 4.78 is 5.01. The quantitative estimate of drug-likeness (QED) is 0.646. The predicted octanol–water partition coefficient (Wildman–Crippen LogP) is 3.05. The molecule has 0 radical (unpaired) electrons. The van der Waals surface area contributed by atoms with E-state index in [-0.39, 0.29) is 5.97 Å². The summed E-state index contributed by atoms with van der Waals surface area (Å²) in [6, 6.07) is 5.70. The van der Waals surface area contributed by atoms with Crippen LogP contribution in [0.5, 0.6) is 0 Å². The SMILES string of the molecule is CCOC(=O)c1ccc(N)c(NC2CCCC2C)c1. The summed E-state index contributed by atoms with van der Waals surface area (Å²) in [4.78, 5) is 11.7. The average Bonchev–Trinajstić information content (AvgIpc) is 2.78. The summed E-state index contributed by atoms with van der Waals surface area (Å²) in [5, 5.41) is 3.46. The Bertz CT molecular complexity index is 459. The molecule has 2 unspecified atom stereocenters. The van der Waals surface area contributed by atoms with Crippen LogP contribution < -0.4 is 11.1 Å². The van der Waals surface area contributed by atoms with Crippen molar-refractivity contribution in [1.29, 1.82) is 0 Å². The van der Waals surface area contributed by atoms with Crippen LogP contribution in [0.2, 0.25) is 0 Å². The molecule has 104 valence electrons. The highest BCUT2D eigenvalue weighted by molar-refractivity contribution is 5.92. The molecule has 3 N–H and O–H groups in total. The third kappa shape index (κ3) is 3.19. The number of anilines is 2. The van der Waals surface area contributed by atoms with Gasteiger partial charge < -0.3 is 15.8 Å². The molecule has 0 aliphatic heterocycles. The number of nitrogens with two attached hydrogens (primary N) is 1. The van der Waals surface area contributed by atoms with Gasteiger partial charge in [0.05, 0.1) is 23.5 Å². The van der Waals surface area contributed by atoms with E-state index in [0.29, 0.717) is 29.8 Å². The van der Waals surface area contributed by atoms with Crippen molar-refractivity contribution in [3.8, 4) is 0 Å². The second-order valence-electron chi connectivity index (χ2n) is 5.18. The molecular weight excluding hydrogens is 240 g/mol. The number of hydrogen-bond acceptors (Lipinski definition) is 4. The molecule has 1 aromatic rings. The number of hydrogen-bond donors (Lipinski definition) is 2. The van der Waals surface area contributed by atoms with E-state index in [1.165, 1.54) is 12.8 Å². The maximum Gasteiger partial charge on any atom is 0.338 e. The number of nitrogens with one attached hydrogen (secondary N) is 1. The minimum atomic E-state index is -0.301. The molecule has 1 fully saturated rings. The zero-order valence-corrected chi connectivity index (χ0v) is 11.6. The van der Waals surface area contributed by atoms with Gasteiger partial charge >= 0.3 is 5.97 Å². The molecule has 1 aromatic carbocycles. The molecule has 2 atom stereocenters. The Morgan fingerprint density at radius 1 is 1.47 bits per heavy atom. The van der Waals surface area contributed by atoms with E-state index in [4.69, 9.17) is 10.5 Å². The largest absolute Gasteiger partial charge is 0.462 e. The van der Waals surface area contributed by atoms with Gasteiger partial charge in [0.1, 0.15) is 0 Å². The number of nitrogen functional groups attached to an aromatic ring is 1. The molecule has 4 heteroatoms. The van der Waals surface area contributed by atoms with Gasteiger partial charge in [0.25, 0.3) is 0 Å². The Morgan fingerprint density at radius 2 is 2.26 bits per heavy atom. The van der Waals surface area contributed by atoms with Crippen molar-refractivity contribution in [2.24, 2.45) is 5.92 Å². The number of rotatable bonds is 4. The van der Waals surface area contributed by atoms with Crippen molar-refractivity contribution in [2.45, 2.75) is 39.2 Å². The van der Waals surface area contributed by atoms with Crippen LogP contribution in [0.4, 0.5) is 11.4 Å². The maximum absolute atomic E-state index is 11.7. The van der Waals surface area contributed by atoms with E-state index >= 15 is 0 Å². The van der Waals surface area contributed by atoms with E-state index in [0.717, 1.165) is 12.1 Å². The van der Waals surface area contributed by atoms with Gasteiger partial charge in [-0.15, -0.1) is 0 Å². The summed E-state index contributed by atoms with van der Waals surface area (Å²) in [6.45, 7) is 4.43. The van der Waals surface area contributed by atoms with Gasteiger partial charge in [-0.2, -0.15) is 0 Å². The van der Waals surface area contributed by atoms with Crippen LogP contribution in [0.3, 0.4) is 0 Å². The first-order valence-electron chi connectivity index (χ1n) is 6.95. The zero-order chi connectivity index (χ0) is 13.8. The molecule has 19 heavy (non-hydrogen) atoms. The van der Waals surface area contributed by atoms with Crippen LogP contribution in [0, 0.1) is 5.92 Å². The van der Waals surface area contributed by atoms with Crippen molar-refractivity contribution in [1.82, 2.24) is 0 Å².